The smallest absolute Gasteiger partial charge is 0.325 e. The summed E-state index contributed by atoms with van der Waals surface area (Å²) in [6.45, 7) is 0.594. The van der Waals surface area contributed by atoms with Gasteiger partial charge in [0, 0.05) is 130 Å². The summed E-state index contributed by atoms with van der Waals surface area (Å²) in [6, 6.07) is 31.8. The summed E-state index contributed by atoms with van der Waals surface area (Å²) in [4.78, 5) is 80.4. The molecule has 28 nitrogen and oxygen atoms in total. The Morgan fingerprint density at radius 2 is 0.754 bits per heavy atom. The number of pyridine rings is 3. The molecule has 0 atom stereocenters. The van der Waals surface area contributed by atoms with Crippen LogP contribution in [0.1, 0.15) is 105 Å². The van der Waals surface area contributed by atoms with Crippen molar-refractivity contribution in [2.24, 2.45) is 0 Å². The van der Waals surface area contributed by atoms with Crippen LogP contribution in [0.15, 0.2) is 146 Å². The highest BCUT2D eigenvalue weighted by Gasteiger charge is 2.42. The molecule has 0 spiro atoms. The van der Waals surface area contributed by atoms with Crippen LogP contribution in [-0.4, -0.2) is 166 Å². The number of aliphatic carboxylic acids is 1. The molecule has 40 heteroatoms. The molecule has 15 rings (SSSR count). The van der Waals surface area contributed by atoms with Gasteiger partial charge in [0.15, 0.2) is 17.2 Å². The van der Waals surface area contributed by atoms with E-state index in [1.807, 2.05) is 12.1 Å². The van der Waals surface area contributed by atoms with Crippen LogP contribution in [0.5, 0.6) is 34.5 Å². The molecule has 9 aromatic carbocycles. The number of esters is 1. The number of rotatable bonds is 29. The van der Waals surface area contributed by atoms with Crippen molar-refractivity contribution in [1.29, 1.82) is 0 Å². The molecule has 0 aliphatic carbocycles. The summed E-state index contributed by atoms with van der Waals surface area (Å²) in [5.41, 5.74) is 6.27. The molecule has 6 heterocycles. The molecule has 3 aliphatic rings. The van der Waals surface area contributed by atoms with Crippen molar-refractivity contribution in [3.8, 4) is 34.5 Å². The van der Waals surface area contributed by atoms with Gasteiger partial charge in [-0.05, 0) is 130 Å². The van der Waals surface area contributed by atoms with E-state index in [9.17, 15) is 80.7 Å². The van der Waals surface area contributed by atoms with Crippen molar-refractivity contribution in [3.63, 3.8) is 0 Å². The standard InChI is InChI=1S/C32H30ClF2N3O7S.C30H26ClF2N3O7S.C28H24ClF2N3O5S/c1-5-44-27(39)16-38-15-23-28(32(38)40)31(45-17-18-6-8-21(43-3)9-7-18)29-22(30(23)37(2)46(4,41)42)11-19(14-36-29)10-20-12-24(33)26(35)13-25(20)34;1-35(44(3,40)41)28-20-9-17(8-18-10-22(31)24(33)11-23(18)32)12-34-27(20)29(43-15-16-4-6-19(42-2)7-5-16)26-21(28)13-36(30(26)39)14-25(37)38;1-34(40(3,36)37)26-19-9-16(8-17-10-21(29)23(31)11-22(17)30)12-32-25(19)27(24-20(26)13-33-28(24)35)39-14-15-4-6-18(38-2)7-5-15/h6-9,11-14H,5,10,15-17H2,1-4H3;4-7,9-12H,8,13-15H2,1-3H3,(H,37,38);4-7,9-12H,8,13-14H2,1-3H3,(H,33,35). The Kier molecular flexibility index (Phi) is 28.2. The number of halogens is 9. The van der Waals surface area contributed by atoms with Gasteiger partial charge >= 0.3 is 11.9 Å². The lowest BCUT2D eigenvalue weighted by Gasteiger charge is -2.24. The maximum absolute atomic E-state index is 14.7. The fourth-order valence-corrected chi connectivity index (χ4v) is 17.1. The van der Waals surface area contributed by atoms with E-state index in [2.05, 4.69) is 20.3 Å². The lowest BCUT2D eigenvalue weighted by molar-refractivity contribution is -0.144. The van der Waals surface area contributed by atoms with Crippen LogP contribution < -0.4 is 46.7 Å². The molecule has 0 saturated carbocycles. The van der Waals surface area contributed by atoms with Crippen LogP contribution in [-0.2, 0) is 103 Å². The molecule has 0 radical (unpaired) electrons. The fraction of sp³-hybridized carbons (Fsp3) is 0.244. The quantitative estimate of drug-likeness (QED) is 0.0250. The maximum Gasteiger partial charge on any atom is 0.325 e. The third-order valence-corrected chi connectivity index (χ3v) is 25.9. The first-order valence-corrected chi connectivity index (χ1v) is 45.9. The van der Waals surface area contributed by atoms with Crippen LogP contribution in [0.3, 0.4) is 0 Å². The number of methoxy groups -OCH3 is 3. The summed E-state index contributed by atoms with van der Waals surface area (Å²) in [7, 11) is -2.88. The molecule has 130 heavy (non-hydrogen) atoms. The van der Waals surface area contributed by atoms with Crippen LogP contribution in [0.4, 0.5) is 43.4 Å². The summed E-state index contributed by atoms with van der Waals surface area (Å²) in [5, 5.41) is 12.4. The molecule has 0 bridgehead atoms. The number of amides is 3. The monoisotopic (exact) mass is 1910 g/mol. The van der Waals surface area contributed by atoms with Gasteiger partial charge in [-0.1, -0.05) is 71.2 Å². The number of carboxylic acids is 1. The Morgan fingerprint density at radius 3 is 1.05 bits per heavy atom. The third kappa shape index (κ3) is 20.4. The third-order valence-electron chi connectivity index (χ3n) is 21.5. The number of benzene rings is 9. The summed E-state index contributed by atoms with van der Waals surface area (Å²) in [6.07, 6.45) is 7.25. The van der Waals surface area contributed by atoms with Gasteiger partial charge in [0.1, 0.15) is 102 Å². The molecule has 0 unspecified atom stereocenters. The largest absolute Gasteiger partial charge is 0.497 e. The topological polar surface area (TPSA) is 340 Å². The number of carbonyl (C=O) groups is 5. The Balaban J connectivity index is 0.000000167. The van der Waals surface area contributed by atoms with E-state index in [0.29, 0.717) is 74.0 Å². The molecular weight excluding hydrogens is 1830 g/mol. The molecule has 0 fully saturated rings. The fourth-order valence-electron chi connectivity index (χ4n) is 14.9. The second-order valence-electron chi connectivity index (χ2n) is 30.2. The van der Waals surface area contributed by atoms with E-state index < -0.39 is 101 Å². The van der Waals surface area contributed by atoms with E-state index in [-0.39, 0.29) is 182 Å². The van der Waals surface area contributed by atoms with Crippen LogP contribution in [0.25, 0.3) is 32.7 Å². The zero-order chi connectivity index (χ0) is 94.0. The summed E-state index contributed by atoms with van der Waals surface area (Å²) in [5.74, 6) is -6.36. The number of hydrogen-bond acceptors (Lipinski definition) is 21. The van der Waals surface area contributed by atoms with Gasteiger partial charge in [-0.3, -0.25) is 51.8 Å². The Bertz CT molecular complexity index is 6940. The molecule has 680 valence electrons. The average Bonchev–Trinajstić information content (AvgIpc) is 1.55. The van der Waals surface area contributed by atoms with E-state index in [1.54, 1.807) is 100 Å². The number of ether oxygens (including phenoxy) is 7. The van der Waals surface area contributed by atoms with Crippen molar-refractivity contribution in [2.45, 2.75) is 65.6 Å². The lowest BCUT2D eigenvalue weighted by atomic mass is 9.98. The van der Waals surface area contributed by atoms with Crippen molar-refractivity contribution in [2.75, 3.05) is 93.9 Å². The van der Waals surface area contributed by atoms with Gasteiger partial charge in [0.25, 0.3) is 17.7 Å². The van der Waals surface area contributed by atoms with Gasteiger partial charge < -0.3 is 53.4 Å². The maximum atomic E-state index is 14.7. The van der Waals surface area contributed by atoms with Gasteiger partial charge in [-0.25, -0.2) is 51.6 Å². The Labute approximate surface area is 756 Å². The number of carboxylic acid groups (broad SMARTS) is 1. The van der Waals surface area contributed by atoms with Crippen molar-refractivity contribution in [3.05, 3.63) is 279 Å². The minimum atomic E-state index is -3.90. The first kappa shape index (κ1) is 94.7. The van der Waals surface area contributed by atoms with E-state index in [1.165, 1.54) is 63.9 Å². The second kappa shape index (κ2) is 38.8. The number of fused-ring (bicyclic) bond motifs is 6. The highest BCUT2D eigenvalue weighted by Crippen LogP contribution is 2.50. The molecule has 3 aliphatic heterocycles. The normalized spacial score (nSPS) is 12.8. The molecule has 0 saturated heterocycles. The van der Waals surface area contributed by atoms with Crippen LogP contribution in [0, 0.1) is 34.9 Å². The van der Waals surface area contributed by atoms with Gasteiger partial charge in [-0.15, -0.1) is 0 Å². The number of aromatic nitrogens is 3. The number of nitrogens with zero attached hydrogens (tertiary/aromatic N) is 8. The molecule has 3 aromatic heterocycles. The molecule has 2 N–H and O–H groups in total. The van der Waals surface area contributed by atoms with Gasteiger partial charge in [-0.2, -0.15) is 0 Å². The predicted octanol–water partition coefficient (Wildman–Crippen LogP) is 15.0. The van der Waals surface area contributed by atoms with E-state index >= 15 is 0 Å². The van der Waals surface area contributed by atoms with Crippen molar-refractivity contribution >= 4 is 144 Å². The predicted molar refractivity (Wildman–Crippen MR) is 474 cm³/mol. The number of sulfonamides is 3. The Hall–Kier alpha value is -12.9. The highest BCUT2D eigenvalue weighted by molar-refractivity contribution is 7.92. The second-order valence-corrected chi connectivity index (χ2v) is 37.5. The first-order chi connectivity index (χ1) is 61.6. The van der Waals surface area contributed by atoms with E-state index in [4.69, 9.17) is 68.0 Å². The van der Waals surface area contributed by atoms with Crippen LogP contribution in [0.2, 0.25) is 15.1 Å². The highest BCUT2D eigenvalue weighted by atomic mass is 35.5. The number of anilines is 3. The molecular formula is C90H80Cl3F6N9O19S3. The minimum Gasteiger partial charge on any atom is -0.497 e. The summed E-state index contributed by atoms with van der Waals surface area (Å²) < 4.78 is 204. The van der Waals surface area contributed by atoms with Crippen molar-refractivity contribution < 1.29 is 114 Å². The zero-order valence-electron chi connectivity index (χ0n) is 70.8. The SMILES string of the molecule is CCOC(=O)CN1Cc2c(c(OCc3ccc(OC)cc3)c3ncc(Cc4cc(Cl)c(F)cc4F)cc3c2N(C)S(C)(=O)=O)C1=O.COc1ccc(COc2c3c(c(N(C)S(C)(=O)=O)c4cc(Cc5cc(Cl)c(F)cc5F)cnc24)CN(CC(=O)O)C3=O)cc1.COc1ccc(COc2c3c(c(N(C)S(C)(=O)=O)c4cc(Cc5cc(Cl)c(F)cc5F)cnc24)CNC3=O)cc1. The van der Waals surface area contributed by atoms with Gasteiger partial charge in [0.2, 0.25) is 30.1 Å². The van der Waals surface area contributed by atoms with E-state index in [0.717, 1.165) is 59.3 Å². The first-order valence-electron chi connectivity index (χ1n) is 39.2. The minimum absolute atomic E-state index is 0.00521. The average molecular weight is 1910 g/mol. The van der Waals surface area contributed by atoms with Crippen LogP contribution >= 0.6 is 34.8 Å². The molecule has 12 aromatic rings. The number of nitrogens with one attached hydrogen (secondary N) is 1. The molecule has 3 amide bonds. The lowest BCUT2D eigenvalue weighted by Crippen LogP contribution is -2.31. The number of carbonyl (C=O) groups excluding carboxylic acids is 4. The van der Waals surface area contributed by atoms with Gasteiger partial charge in [0.05, 0.1) is 95.5 Å². The Morgan fingerprint density at radius 1 is 0.446 bits per heavy atom. The summed E-state index contributed by atoms with van der Waals surface area (Å²) >= 11 is 17.7. The van der Waals surface area contributed by atoms with Crippen molar-refractivity contribution in [1.82, 2.24) is 30.1 Å². The number of hydrogen-bond donors (Lipinski definition) is 2. The zero-order valence-corrected chi connectivity index (χ0v) is 75.6.